The summed E-state index contributed by atoms with van der Waals surface area (Å²) >= 11 is 0. The van der Waals surface area contributed by atoms with Gasteiger partial charge in [0.2, 0.25) is 15.9 Å². The number of carbonyl (C=O) groups excluding carboxylic acids is 1. The number of para-hydroxylation sites is 1. The lowest BCUT2D eigenvalue weighted by atomic mass is 9.48. The van der Waals surface area contributed by atoms with E-state index in [9.17, 15) is 13.2 Å². The smallest absolute Gasteiger partial charge is 0.245 e. The van der Waals surface area contributed by atoms with Crippen molar-refractivity contribution in [3.8, 4) is 0 Å². The predicted octanol–water partition coefficient (Wildman–Crippen LogP) is 5.18. The molecule has 4 aliphatic carbocycles. The fourth-order valence-electron chi connectivity index (χ4n) is 7.26. The Morgan fingerprint density at radius 1 is 0.939 bits per heavy atom. The van der Waals surface area contributed by atoms with Crippen LogP contribution in [0.5, 0.6) is 0 Å². The molecule has 4 fully saturated rings. The average molecular weight is 467 g/mol. The van der Waals surface area contributed by atoms with Crippen LogP contribution >= 0.6 is 0 Å². The summed E-state index contributed by atoms with van der Waals surface area (Å²) in [6.07, 6.45) is 9.34. The molecule has 2 aromatic rings. The number of benzene rings is 2. The molecule has 0 radical (unpaired) electrons. The van der Waals surface area contributed by atoms with Crippen LogP contribution in [0.4, 0.5) is 11.4 Å². The Morgan fingerprint density at radius 2 is 1.45 bits per heavy atom. The zero-order valence-electron chi connectivity index (χ0n) is 19.8. The van der Waals surface area contributed by atoms with E-state index in [1.807, 2.05) is 44.2 Å². The average Bonchev–Trinajstić information content (AvgIpc) is 2.71. The Labute approximate surface area is 197 Å². The van der Waals surface area contributed by atoms with Gasteiger partial charge in [-0.2, -0.15) is 0 Å². The van der Waals surface area contributed by atoms with Crippen molar-refractivity contribution in [2.45, 2.75) is 57.8 Å². The van der Waals surface area contributed by atoms with Crippen molar-refractivity contribution < 1.29 is 13.2 Å². The second-order valence-corrected chi connectivity index (χ2v) is 12.7. The lowest BCUT2D eigenvalue weighted by Crippen LogP contribution is -2.48. The number of hydrogen-bond donors (Lipinski definition) is 1. The number of aryl methyl sites for hydroxylation is 2. The third-order valence-corrected chi connectivity index (χ3v) is 9.31. The molecule has 0 aliphatic heterocycles. The van der Waals surface area contributed by atoms with Crippen LogP contribution in [-0.2, 0) is 20.2 Å². The van der Waals surface area contributed by atoms with Crippen molar-refractivity contribution in [3.63, 3.8) is 0 Å². The molecular weight excluding hydrogens is 432 g/mol. The van der Waals surface area contributed by atoms with Gasteiger partial charge in [-0.15, -0.1) is 0 Å². The quantitative estimate of drug-likeness (QED) is 0.638. The van der Waals surface area contributed by atoms with Crippen molar-refractivity contribution in [2.75, 3.05) is 22.4 Å². The van der Waals surface area contributed by atoms with E-state index in [0.29, 0.717) is 16.8 Å². The zero-order chi connectivity index (χ0) is 23.4. The van der Waals surface area contributed by atoms with Gasteiger partial charge < -0.3 is 5.32 Å². The van der Waals surface area contributed by atoms with Crippen LogP contribution in [-0.4, -0.2) is 27.1 Å². The van der Waals surface area contributed by atoms with E-state index in [4.69, 9.17) is 0 Å². The summed E-state index contributed by atoms with van der Waals surface area (Å²) in [7, 11) is -3.61. The van der Waals surface area contributed by atoms with E-state index in [1.54, 1.807) is 0 Å². The highest BCUT2D eigenvalue weighted by Crippen LogP contribution is 2.60. The van der Waals surface area contributed by atoms with Crippen LogP contribution < -0.4 is 9.62 Å². The minimum Gasteiger partial charge on any atom is -0.325 e. The fraction of sp³-hybridized carbons (Fsp3) is 0.519. The molecule has 1 amide bonds. The molecule has 4 bridgehead atoms. The molecule has 0 spiro atoms. The van der Waals surface area contributed by atoms with Crippen LogP contribution in [0, 0.1) is 31.6 Å². The summed E-state index contributed by atoms with van der Waals surface area (Å²) in [5.74, 6) is 2.33. The zero-order valence-corrected chi connectivity index (χ0v) is 20.6. The third-order valence-electron chi connectivity index (χ3n) is 8.20. The van der Waals surface area contributed by atoms with Crippen LogP contribution in [0.15, 0.2) is 42.5 Å². The Hall–Kier alpha value is -2.34. The molecule has 1 N–H and O–H groups in total. The number of rotatable bonds is 6. The summed E-state index contributed by atoms with van der Waals surface area (Å²) in [5, 5.41) is 2.91. The van der Waals surface area contributed by atoms with Gasteiger partial charge in [-0.25, -0.2) is 8.42 Å². The molecule has 4 saturated carbocycles. The van der Waals surface area contributed by atoms with Gasteiger partial charge in [-0.3, -0.25) is 9.10 Å². The van der Waals surface area contributed by atoms with Crippen molar-refractivity contribution in [3.05, 3.63) is 59.2 Å². The number of nitrogens with one attached hydrogen (secondary N) is 1. The van der Waals surface area contributed by atoms with Crippen LogP contribution in [0.2, 0.25) is 0 Å². The Kier molecular flexibility index (Phi) is 5.55. The minimum atomic E-state index is -3.61. The summed E-state index contributed by atoms with van der Waals surface area (Å²) in [6, 6.07) is 13.9. The van der Waals surface area contributed by atoms with Gasteiger partial charge in [-0.05, 0) is 104 Å². The van der Waals surface area contributed by atoms with E-state index in [1.165, 1.54) is 48.4 Å². The molecule has 2 aromatic carbocycles. The summed E-state index contributed by atoms with van der Waals surface area (Å²) in [6.45, 7) is 3.48. The van der Waals surface area contributed by atoms with Gasteiger partial charge in [0, 0.05) is 5.69 Å². The number of carbonyl (C=O) groups is 1. The molecule has 4 aliphatic rings. The first kappa shape index (κ1) is 22.5. The molecule has 176 valence electrons. The summed E-state index contributed by atoms with van der Waals surface area (Å²) in [5.41, 5.74) is 4.68. The maximum Gasteiger partial charge on any atom is 0.245 e. The molecule has 0 atom stereocenters. The van der Waals surface area contributed by atoms with Crippen molar-refractivity contribution in [1.29, 1.82) is 0 Å². The molecule has 0 aromatic heterocycles. The van der Waals surface area contributed by atoms with E-state index < -0.39 is 10.0 Å². The van der Waals surface area contributed by atoms with Gasteiger partial charge in [0.15, 0.2) is 0 Å². The molecule has 33 heavy (non-hydrogen) atoms. The highest BCUT2D eigenvalue weighted by molar-refractivity contribution is 7.92. The summed E-state index contributed by atoms with van der Waals surface area (Å²) < 4.78 is 26.2. The second kappa shape index (κ2) is 8.15. The molecule has 0 heterocycles. The molecule has 0 saturated heterocycles. The fourth-order valence-corrected chi connectivity index (χ4v) is 8.23. The van der Waals surface area contributed by atoms with E-state index in [-0.39, 0.29) is 12.5 Å². The highest BCUT2D eigenvalue weighted by Gasteiger charge is 2.51. The Bertz CT molecular complexity index is 1110. The molecule has 0 unspecified atom stereocenters. The number of nitrogens with zero attached hydrogens (tertiary/aromatic N) is 1. The first-order chi connectivity index (χ1) is 15.6. The van der Waals surface area contributed by atoms with Gasteiger partial charge >= 0.3 is 0 Å². The Morgan fingerprint density at radius 3 is 1.94 bits per heavy atom. The molecule has 5 nitrogen and oxygen atoms in total. The highest BCUT2D eigenvalue weighted by atomic mass is 32.2. The van der Waals surface area contributed by atoms with Crippen LogP contribution in [0.25, 0.3) is 0 Å². The largest absolute Gasteiger partial charge is 0.325 e. The van der Waals surface area contributed by atoms with Crippen molar-refractivity contribution in [1.82, 2.24) is 0 Å². The topological polar surface area (TPSA) is 66.5 Å². The number of sulfonamides is 1. The normalized spacial score (nSPS) is 28.0. The lowest BCUT2D eigenvalue weighted by Gasteiger charge is -2.57. The first-order valence-corrected chi connectivity index (χ1v) is 13.9. The number of hydrogen-bond acceptors (Lipinski definition) is 3. The van der Waals surface area contributed by atoms with Gasteiger partial charge in [0.05, 0.1) is 11.9 Å². The second-order valence-electron chi connectivity index (χ2n) is 10.8. The van der Waals surface area contributed by atoms with Gasteiger partial charge in [0.25, 0.3) is 0 Å². The molecule has 6 rings (SSSR count). The van der Waals surface area contributed by atoms with Crippen molar-refractivity contribution >= 4 is 27.3 Å². The lowest BCUT2D eigenvalue weighted by molar-refractivity contribution is -0.114. The number of anilines is 2. The summed E-state index contributed by atoms with van der Waals surface area (Å²) in [4.78, 5) is 12.9. The minimum absolute atomic E-state index is 0.249. The SMILES string of the molecule is Cc1cccc(C)c1N(CC(=O)Nc1ccc(C23CC4CC(CC(C4)C2)C3)cc1)S(C)(=O)=O. The standard InChI is InChI=1S/C27H34N2O3S/c1-18-5-4-6-19(2)26(18)29(33(3,31)32)17-25(30)28-24-9-7-23(8-10-24)27-14-20-11-21(15-27)13-22(12-20)16-27/h4-10,20-22H,11-17H2,1-3H3,(H,28,30). The third kappa shape index (κ3) is 4.30. The monoisotopic (exact) mass is 466 g/mol. The van der Waals surface area contributed by atoms with Gasteiger partial charge in [-0.1, -0.05) is 30.3 Å². The molecular formula is C27H34N2O3S. The maximum atomic E-state index is 12.9. The van der Waals surface area contributed by atoms with Crippen LogP contribution in [0.1, 0.15) is 55.2 Å². The first-order valence-electron chi connectivity index (χ1n) is 12.1. The van der Waals surface area contributed by atoms with Crippen molar-refractivity contribution in [2.24, 2.45) is 17.8 Å². The molecule has 6 heteroatoms. The number of amides is 1. The van der Waals surface area contributed by atoms with Gasteiger partial charge in [0.1, 0.15) is 6.54 Å². The van der Waals surface area contributed by atoms with E-state index in [0.717, 1.165) is 35.1 Å². The van der Waals surface area contributed by atoms with Crippen LogP contribution in [0.3, 0.4) is 0 Å². The van der Waals surface area contributed by atoms with E-state index >= 15 is 0 Å². The van der Waals surface area contributed by atoms with E-state index in [2.05, 4.69) is 17.4 Å². The predicted molar refractivity (Wildman–Crippen MR) is 133 cm³/mol. The maximum absolute atomic E-state index is 12.9. The Balaban J connectivity index is 1.31.